The largest absolute Gasteiger partial charge is 0.370 e. The minimum absolute atomic E-state index is 0.0250. The smallest absolute Gasteiger partial charge is 0.280 e. The number of nitrogens with zero attached hydrogens (tertiary/aromatic N) is 1. The van der Waals surface area contributed by atoms with Gasteiger partial charge >= 0.3 is 0 Å². The normalized spacial score (nSPS) is 11.4. The number of sulfone groups is 1. The van der Waals surface area contributed by atoms with Gasteiger partial charge in [-0.25, -0.2) is 8.42 Å². The first-order valence-electron chi connectivity index (χ1n) is 6.53. The summed E-state index contributed by atoms with van der Waals surface area (Å²) in [5.41, 5.74) is 11.0. The van der Waals surface area contributed by atoms with E-state index in [0.29, 0.717) is 11.8 Å². The summed E-state index contributed by atoms with van der Waals surface area (Å²) in [6.07, 6.45) is 1.82. The second-order valence-corrected chi connectivity index (χ2v) is 8.70. The van der Waals surface area contributed by atoms with E-state index in [1.165, 1.54) is 12.1 Å². The van der Waals surface area contributed by atoms with Gasteiger partial charge in [-0.2, -0.15) is 13.4 Å². The van der Waals surface area contributed by atoms with Gasteiger partial charge in [0.1, 0.15) is 0 Å². The van der Waals surface area contributed by atoms with Crippen LogP contribution in [0.2, 0.25) is 0 Å². The average molecular weight is 379 g/mol. The van der Waals surface area contributed by atoms with Crippen molar-refractivity contribution in [3.8, 4) is 0 Å². The Labute approximate surface area is 141 Å². The van der Waals surface area contributed by atoms with Gasteiger partial charge in [0.15, 0.2) is 15.8 Å². The Morgan fingerprint density at radius 1 is 1.12 bits per heavy atom. The second kappa shape index (κ2) is 8.22. The summed E-state index contributed by atoms with van der Waals surface area (Å²) in [4.78, 5) is 15.2. The fourth-order valence-corrected chi connectivity index (χ4v) is 2.72. The molecule has 11 heteroatoms. The molecule has 136 valence electrons. The summed E-state index contributed by atoms with van der Waals surface area (Å²) in [7, 11) is -7.09. The number of nitrogens with two attached hydrogens (primary N) is 2. The van der Waals surface area contributed by atoms with Crippen LogP contribution < -0.4 is 11.5 Å². The van der Waals surface area contributed by atoms with Gasteiger partial charge in [-0.1, -0.05) is 19.9 Å². The average Bonchev–Trinajstić information content (AvgIpc) is 2.34. The van der Waals surface area contributed by atoms with Crippen LogP contribution in [0.4, 0.5) is 0 Å². The molecule has 1 amide bonds. The molecule has 0 atom stereocenters. The number of guanidine groups is 1. The van der Waals surface area contributed by atoms with Crippen LogP contribution in [0.15, 0.2) is 28.1 Å². The van der Waals surface area contributed by atoms with E-state index in [0.717, 1.165) is 6.26 Å². The van der Waals surface area contributed by atoms with E-state index in [-0.39, 0.29) is 22.3 Å². The van der Waals surface area contributed by atoms with E-state index in [4.69, 9.17) is 16.0 Å². The Morgan fingerprint density at radius 3 is 1.92 bits per heavy atom. The van der Waals surface area contributed by atoms with Gasteiger partial charge in [0, 0.05) is 11.8 Å². The van der Waals surface area contributed by atoms with Gasteiger partial charge in [-0.05, 0) is 23.6 Å². The van der Waals surface area contributed by atoms with Crippen molar-refractivity contribution in [2.45, 2.75) is 24.7 Å². The first-order chi connectivity index (χ1) is 10.6. The molecule has 0 heterocycles. The summed E-state index contributed by atoms with van der Waals surface area (Å²) in [6, 6.07) is 4.43. The molecule has 0 saturated carbocycles. The Kier molecular flexibility index (Phi) is 7.54. The highest BCUT2D eigenvalue weighted by atomic mass is 32.2. The number of carbonyl (C=O) groups is 1. The number of aliphatic imine (C=N–C) groups is 1. The molecule has 0 aliphatic heterocycles. The quantitative estimate of drug-likeness (QED) is 0.378. The molecule has 9 nitrogen and oxygen atoms in total. The van der Waals surface area contributed by atoms with Gasteiger partial charge in [0.25, 0.3) is 16.0 Å². The molecule has 0 aliphatic carbocycles. The topological polar surface area (TPSA) is 170 Å². The predicted octanol–water partition coefficient (Wildman–Crippen LogP) is 0.131. The first-order valence-corrected chi connectivity index (χ1v) is 10.3. The number of carbonyl (C=O) groups excluding carboxylic acids is 1. The van der Waals surface area contributed by atoms with Crippen molar-refractivity contribution in [2.24, 2.45) is 16.5 Å². The molecule has 1 rings (SSSR count). The van der Waals surface area contributed by atoms with E-state index in [9.17, 15) is 21.6 Å². The molecule has 0 saturated heterocycles. The van der Waals surface area contributed by atoms with E-state index < -0.39 is 25.9 Å². The number of rotatable bonds is 3. The molecule has 0 spiro atoms. The molecule has 0 unspecified atom stereocenters. The van der Waals surface area contributed by atoms with Gasteiger partial charge in [-0.3, -0.25) is 9.35 Å². The van der Waals surface area contributed by atoms with Crippen molar-refractivity contribution >= 4 is 31.8 Å². The zero-order valence-corrected chi connectivity index (χ0v) is 15.3. The predicted molar refractivity (Wildman–Crippen MR) is 91.3 cm³/mol. The molecule has 0 radical (unpaired) electrons. The summed E-state index contributed by atoms with van der Waals surface area (Å²) in [5.74, 6) is -1.00. The number of hydrogen-bond donors (Lipinski definition) is 3. The summed E-state index contributed by atoms with van der Waals surface area (Å²) in [5, 5.41) is 0. The van der Waals surface area contributed by atoms with Crippen LogP contribution in [0.25, 0.3) is 0 Å². The molecule has 24 heavy (non-hydrogen) atoms. The van der Waals surface area contributed by atoms with Crippen LogP contribution in [-0.2, 0) is 20.0 Å². The Hall–Kier alpha value is -1.98. The lowest BCUT2D eigenvalue weighted by Gasteiger charge is -2.12. The van der Waals surface area contributed by atoms with Gasteiger partial charge in [-0.15, -0.1) is 0 Å². The van der Waals surface area contributed by atoms with Crippen molar-refractivity contribution in [2.75, 3.05) is 12.5 Å². The van der Waals surface area contributed by atoms with E-state index in [1.54, 1.807) is 6.07 Å². The molecule has 1 aromatic rings. The third-order valence-corrected chi connectivity index (χ3v) is 3.67. The number of hydrogen-bond acceptors (Lipinski definition) is 5. The van der Waals surface area contributed by atoms with Crippen LogP contribution in [-0.4, -0.2) is 45.8 Å². The lowest BCUT2D eigenvalue weighted by molar-refractivity contribution is 0.100. The maximum absolute atomic E-state index is 11.8. The fraction of sp³-hybridized carbons (Fsp3) is 0.385. The summed E-state index contributed by atoms with van der Waals surface area (Å²) < 4.78 is 49.4. The lowest BCUT2D eigenvalue weighted by Crippen LogP contribution is -2.24. The Morgan fingerprint density at radius 2 is 1.58 bits per heavy atom. The second-order valence-electron chi connectivity index (χ2n) is 5.25. The fourth-order valence-electron chi connectivity index (χ4n) is 1.65. The highest BCUT2D eigenvalue weighted by Gasteiger charge is 2.18. The maximum atomic E-state index is 11.8. The highest BCUT2D eigenvalue weighted by molar-refractivity contribution is 7.90. The number of amides is 1. The van der Waals surface area contributed by atoms with Crippen LogP contribution >= 0.6 is 0 Å². The maximum Gasteiger partial charge on any atom is 0.280 e. The zero-order valence-electron chi connectivity index (χ0n) is 13.7. The van der Waals surface area contributed by atoms with E-state index >= 15 is 0 Å². The summed E-state index contributed by atoms with van der Waals surface area (Å²) >= 11 is 0. The highest BCUT2D eigenvalue weighted by Crippen LogP contribution is 2.25. The molecule has 0 aliphatic rings. The summed E-state index contributed by atoms with van der Waals surface area (Å²) in [6.45, 7) is 3.75. The standard InChI is InChI=1S/C12H17N3O3S.CH4O3S/c1-7(2)9-5-4-8(11(16)15-12(13)14)6-10(9)19(3,17)18;1-5(2,3)4/h4-7H,1-3H3,(H4,13,14,15,16);1H3,(H,2,3,4). The van der Waals surface area contributed by atoms with Crippen LogP contribution in [0.5, 0.6) is 0 Å². The van der Waals surface area contributed by atoms with Crippen LogP contribution in [0, 0.1) is 0 Å². The minimum Gasteiger partial charge on any atom is -0.370 e. The van der Waals surface area contributed by atoms with Crippen LogP contribution in [0.3, 0.4) is 0 Å². The Balaban J connectivity index is 0.000000922. The monoisotopic (exact) mass is 379 g/mol. The molecule has 0 fully saturated rings. The van der Waals surface area contributed by atoms with E-state index in [1.807, 2.05) is 13.8 Å². The molecular formula is C13H21N3O6S2. The molecule has 1 aromatic carbocycles. The first kappa shape index (κ1) is 22.0. The SMILES string of the molecule is CC(C)c1ccc(C(=O)N=C(N)N)cc1S(C)(=O)=O.CS(=O)(=O)O. The van der Waals surface area contributed by atoms with Crippen molar-refractivity contribution in [1.82, 2.24) is 0 Å². The van der Waals surface area contributed by atoms with Crippen molar-refractivity contribution < 1.29 is 26.2 Å². The molecular weight excluding hydrogens is 358 g/mol. The van der Waals surface area contributed by atoms with Gasteiger partial charge < -0.3 is 11.5 Å². The lowest BCUT2D eigenvalue weighted by atomic mass is 10.0. The molecule has 0 aromatic heterocycles. The molecule has 0 bridgehead atoms. The third-order valence-electron chi connectivity index (χ3n) is 2.51. The zero-order chi connectivity index (χ0) is 19.3. The Bertz CT molecular complexity index is 830. The molecule has 5 N–H and O–H groups in total. The minimum atomic E-state index is -3.67. The third kappa shape index (κ3) is 8.60. The van der Waals surface area contributed by atoms with Gasteiger partial charge in [0.05, 0.1) is 11.2 Å². The van der Waals surface area contributed by atoms with Crippen molar-refractivity contribution in [3.05, 3.63) is 29.3 Å². The van der Waals surface area contributed by atoms with Crippen molar-refractivity contribution in [3.63, 3.8) is 0 Å². The van der Waals surface area contributed by atoms with Crippen LogP contribution in [0.1, 0.15) is 35.7 Å². The van der Waals surface area contributed by atoms with Gasteiger partial charge in [0.2, 0.25) is 0 Å². The number of benzene rings is 1. The van der Waals surface area contributed by atoms with Crippen molar-refractivity contribution in [1.29, 1.82) is 0 Å². The van der Waals surface area contributed by atoms with E-state index in [2.05, 4.69) is 4.99 Å².